The fourth-order valence-electron chi connectivity index (χ4n) is 1.53. The fourth-order valence-corrected chi connectivity index (χ4v) is 1.53. The van der Waals surface area contributed by atoms with Gasteiger partial charge in [-0.15, -0.1) is 0 Å². The first-order valence-corrected chi connectivity index (χ1v) is 5.78. The molecule has 0 aliphatic carbocycles. The van der Waals surface area contributed by atoms with Gasteiger partial charge in [-0.3, -0.25) is 9.69 Å². The third-order valence-corrected chi connectivity index (χ3v) is 2.39. The largest absolute Gasteiger partial charge is 0.464 e. The Bertz CT molecular complexity index is 180. The van der Waals surface area contributed by atoms with Crippen molar-refractivity contribution in [2.75, 3.05) is 13.2 Å². The van der Waals surface area contributed by atoms with E-state index in [0.717, 1.165) is 6.54 Å². The van der Waals surface area contributed by atoms with Gasteiger partial charge in [0.15, 0.2) is 0 Å². The normalized spacial score (nSPS) is 11.9. The van der Waals surface area contributed by atoms with Crippen LogP contribution in [-0.4, -0.2) is 36.1 Å². The van der Waals surface area contributed by atoms with Crippen LogP contribution in [-0.2, 0) is 9.53 Å². The quantitative estimate of drug-likeness (QED) is 0.637. The molecule has 0 aromatic rings. The van der Waals surface area contributed by atoms with Gasteiger partial charge in [0.05, 0.1) is 5.92 Å². The molecular weight excluding hydrogens is 190 g/mol. The van der Waals surface area contributed by atoms with E-state index in [-0.39, 0.29) is 11.9 Å². The maximum absolute atomic E-state index is 11.2. The molecule has 3 heteroatoms. The summed E-state index contributed by atoms with van der Waals surface area (Å²) in [5.74, 6) is -0.140. The molecule has 0 unspecified atom stereocenters. The highest BCUT2D eigenvalue weighted by atomic mass is 16.5. The molecule has 0 radical (unpaired) electrons. The molecule has 0 aromatic heterocycles. The van der Waals surface area contributed by atoms with E-state index in [1.807, 2.05) is 13.8 Å². The monoisotopic (exact) mass is 215 g/mol. The number of ether oxygens (including phenoxy) is 1. The number of carbonyl (C=O) groups is 1. The van der Waals surface area contributed by atoms with E-state index in [1.165, 1.54) is 0 Å². The molecule has 3 nitrogen and oxygen atoms in total. The standard InChI is InChI=1S/C12H25NO2/c1-9(2)12(14)15-8-7-13(10(3)4)11(5)6/h9-11H,7-8H2,1-6H3. The van der Waals surface area contributed by atoms with E-state index in [9.17, 15) is 4.79 Å². The van der Waals surface area contributed by atoms with E-state index in [2.05, 4.69) is 32.6 Å². The second kappa shape index (κ2) is 6.83. The third kappa shape index (κ3) is 5.78. The summed E-state index contributed by atoms with van der Waals surface area (Å²) in [6.07, 6.45) is 0. The summed E-state index contributed by atoms with van der Waals surface area (Å²) in [7, 11) is 0. The number of rotatable bonds is 6. The maximum Gasteiger partial charge on any atom is 0.308 e. The van der Waals surface area contributed by atoms with E-state index in [1.54, 1.807) is 0 Å². The highest BCUT2D eigenvalue weighted by Crippen LogP contribution is 2.04. The van der Waals surface area contributed by atoms with Gasteiger partial charge >= 0.3 is 5.97 Å². The minimum Gasteiger partial charge on any atom is -0.464 e. The molecule has 0 bridgehead atoms. The van der Waals surface area contributed by atoms with Crippen LogP contribution in [0.2, 0.25) is 0 Å². The maximum atomic E-state index is 11.2. The number of nitrogens with zero attached hydrogens (tertiary/aromatic N) is 1. The molecule has 0 atom stereocenters. The van der Waals surface area contributed by atoms with E-state index < -0.39 is 0 Å². The summed E-state index contributed by atoms with van der Waals surface area (Å²) in [6, 6.07) is 0.977. The van der Waals surface area contributed by atoms with E-state index >= 15 is 0 Å². The molecule has 0 N–H and O–H groups in total. The predicted octanol–water partition coefficient (Wildman–Crippen LogP) is 2.30. The zero-order valence-electron chi connectivity index (χ0n) is 10.9. The van der Waals surface area contributed by atoms with Crippen molar-refractivity contribution in [3.05, 3.63) is 0 Å². The van der Waals surface area contributed by atoms with Gasteiger partial charge in [0, 0.05) is 18.6 Å². The summed E-state index contributed by atoms with van der Waals surface area (Å²) in [5, 5.41) is 0. The SMILES string of the molecule is CC(C)C(=O)OCCN(C(C)C)C(C)C. The smallest absolute Gasteiger partial charge is 0.308 e. The van der Waals surface area contributed by atoms with E-state index in [0.29, 0.717) is 18.7 Å². The molecule has 0 amide bonds. The molecule has 90 valence electrons. The summed E-state index contributed by atoms with van der Waals surface area (Å²) < 4.78 is 5.15. The minimum atomic E-state index is -0.109. The Morgan fingerprint density at radius 2 is 1.53 bits per heavy atom. The first-order valence-electron chi connectivity index (χ1n) is 5.78. The van der Waals surface area contributed by atoms with Gasteiger partial charge in [0.2, 0.25) is 0 Å². The fraction of sp³-hybridized carbons (Fsp3) is 0.917. The van der Waals surface area contributed by atoms with Crippen LogP contribution in [0.5, 0.6) is 0 Å². The van der Waals surface area contributed by atoms with Crippen molar-refractivity contribution in [3.8, 4) is 0 Å². The van der Waals surface area contributed by atoms with Crippen LogP contribution in [0.4, 0.5) is 0 Å². The first kappa shape index (κ1) is 14.4. The van der Waals surface area contributed by atoms with Crippen molar-refractivity contribution in [1.82, 2.24) is 4.90 Å². The Labute approximate surface area is 93.8 Å². The van der Waals surface area contributed by atoms with E-state index in [4.69, 9.17) is 4.74 Å². The average Bonchev–Trinajstić information content (AvgIpc) is 2.10. The summed E-state index contributed by atoms with van der Waals surface area (Å²) in [6.45, 7) is 13.6. The van der Waals surface area contributed by atoms with Gasteiger partial charge in [-0.05, 0) is 27.7 Å². The van der Waals surface area contributed by atoms with Crippen LogP contribution in [0, 0.1) is 5.92 Å². The zero-order valence-corrected chi connectivity index (χ0v) is 10.9. The molecule has 0 aliphatic heterocycles. The number of hydrogen-bond donors (Lipinski definition) is 0. The first-order chi connectivity index (χ1) is 6.86. The Morgan fingerprint density at radius 1 is 1.07 bits per heavy atom. The molecular formula is C12H25NO2. The van der Waals surface area contributed by atoms with Crippen LogP contribution in [0.3, 0.4) is 0 Å². The molecule has 0 rings (SSSR count). The molecule has 0 spiro atoms. The van der Waals surface area contributed by atoms with Crippen molar-refractivity contribution in [2.24, 2.45) is 5.92 Å². The Kier molecular flexibility index (Phi) is 6.57. The Morgan fingerprint density at radius 3 is 1.87 bits per heavy atom. The Balaban J connectivity index is 3.87. The molecule has 0 saturated heterocycles. The number of esters is 1. The second-order valence-corrected chi connectivity index (χ2v) is 4.75. The van der Waals surface area contributed by atoms with Gasteiger partial charge in [-0.2, -0.15) is 0 Å². The summed E-state index contributed by atoms with van der Waals surface area (Å²) in [5.41, 5.74) is 0. The molecule has 15 heavy (non-hydrogen) atoms. The number of carbonyl (C=O) groups excluding carboxylic acids is 1. The summed E-state index contributed by atoms with van der Waals surface area (Å²) >= 11 is 0. The van der Waals surface area contributed by atoms with Gasteiger partial charge < -0.3 is 4.74 Å². The van der Waals surface area contributed by atoms with Crippen molar-refractivity contribution in [2.45, 2.75) is 53.6 Å². The van der Waals surface area contributed by atoms with Crippen molar-refractivity contribution >= 4 is 5.97 Å². The highest BCUT2D eigenvalue weighted by Gasteiger charge is 2.14. The van der Waals surface area contributed by atoms with Crippen LogP contribution in [0.25, 0.3) is 0 Å². The molecule has 0 fully saturated rings. The van der Waals surface area contributed by atoms with Gasteiger partial charge in [-0.25, -0.2) is 0 Å². The highest BCUT2D eigenvalue weighted by molar-refractivity contribution is 5.71. The average molecular weight is 215 g/mol. The zero-order chi connectivity index (χ0) is 12.0. The predicted molar refractivity (Wildman–Crippen MR) is 62.8 cm³/mol. The van der Waals surface area contributed by atoms with Crippen molar-refractivity contribution in [1.29, 1.82) is 0 Å². The lowest BCUT2D eigenvalue weighted by atomic mass is 10.2. The third-order valence-electron chi connectivity index (χ3n) is 2.39. The van der Waals surface area contributed by atoms with Crippen LogP contribution < -0.4 is 0 Å². The topological polar surface area (TPSA) is 29.5 Å². The minimum absolute atomic E-state index is 0.0310. The van der Waals surface area contributed by atoms with Gasteiger partial charge in [-0.1, -0.05) is 13.8 Å². The molecule has 0 aliphatic rings. The Hall–Kier alpha value is -0.570. The second-order valence-electron chi connectivity index (χ2n) is 4.75. The number of hydrogen-bond acceptors (Lipinski definition) is 3. The van der Waals surface area contributed by atoms with Gasteiger partial charge in [0.25, 0.3) is 0 Å². The molecule has 0 aromatic carbocycles. The lowest BCUT2D eigenvalue weighted by Gasteiger charge is -2.30. The van der Waals surface area contributed by atoms with Crippen molar-refractivity contribution in [3.63, 3.8) is 0 Å². The summed E-state index contributed by atoms with van der Waals surface area (Å²) in [4.78, 5) is 13.5. The molecule has 0 saturated carbocycles. The lowest BCUT2D eigenvalue weighted by molar-refractivity contribution is -0.148. The van der Waals surface area contributed by atoms with Crippen LogP contribution in [0.1, 0.15) is 41.5 Å². The molecule has 0 heterocycles. The van der Waals surface area contributed by atoms with Gasteiger partial charge in [0.1, 0.15) is 6.61 Å². The van der Waals surface area contributed by atoms with Crippen LogP contribution >= 0.6 is 0 Å². The lowest BCUT2D eigenvalue weighted by Crippen LogP contribution is -2.39. The van der Waals surface area contributed by atoms with Crippen LogP contribution in [0.15, 0.2) is 0 Å². The van der Waals surface area contributed by atoms with Crippen molar-refractivity contribution < 1.29 is 9.53 Å².